The lowest BCUT2D eigenvalue weighted by atomic mass is 10.2. The number of nitrogens with zero attached hydrogens (tertiary/aromatic N) is 2. The number of guanidine groups is 1. The summed E-state index contributed by atoms with van der Waals surface area (Å²) >= 11 is 0. The van der Waals surface area contributed by atoms with Crippen LogP contribution < -0.4 is 10.6 Å². The Labute approximate surface area is 175 Å². The van der Waals surface area contributed by atoms with E-state index in [9.17, 15) is 9.50 Å². The molecule has 2 aromatic rings. The first-order valence-electron chi connectivity index (χ1n) is 8.86. The lowest BCUT2D eigenvalue weighted by Crippen LogP contribution is -2.42. The van der Waals surface area contributed by atoms with E-state index in [4.69, 9.17) is 4.42 Å². The molecule has 0 saturated carbocycles. The van der Waals surface area contributed by atoms with Crippen LogP contribution in [0.2, 0.25) is 0 Å². The Morgan fingerprint density at radius 3 is 2.70 bits per heavy atom. The summed E-state index contributed by atoms with van der Waals surface area (Å²) in [6.07, 6.45) is 4.11. The maximum atomic E-state index is 13.4. The van der Waals surface area contributed by atoms with Crippen molar-refractivity contribution in [1.82, 2.24) is 15.5 Å². The first-order chi connectivity index (χ1) is 12.7. The smallest absolute Gasteiger partial charge is 0.191 e. The Morgan fingerprint density at radius 2 is 2.07 bits per heavy atom. The molecule has 1 saturated heterocycles. The predicted octanol–water partition coefficient (Wildman–Crippen LogP) is 3.24. The van der Waals surface area contributed by atoms with E-state index in [1.165, 1.54) is 25.0 Å². The average molecular weight is 488 g/mol. The molecule has 3 rings (SSSR count). The summed E-state index contributed by atoms with van der Waals surface area (Å²) in [4.78, 5) is 6.64. The monoisotopic (exact) mass is 488 g/mol. The second-order valence-electron chi connectivity index (χ2n) is 6.37. The van der Waals surface area contributed by atoms with Crippen molar-refractivity contribution < 1.29 is 13.9 Å². The molecule has 0 spiro atoms. The van der Waals surface area contributed by atoms with Gasteiger partial charge in [-0.2, -0.15) is 0 Å². The topological polar surface area (TPSA) is 73.0 Å². The van der Waals surface area contributed by atoms with E-state index >= 15 is 0 Å². The van der Waals surface area contributed by atoms with Crippen molar-refractivity contribution in [1.29, 1.82) is 0 Å². The zero-order valence-corrected chi connectivity index (χ0v) is 17.7. The summed E-state index contributed by atoms with van der Waals surface area (Å²) in [5.41, 5.74) is 0.727. The highest BCUT2D eigenvalue weighted by molar-refractivity contribution is 14.0. The van der Waals surface area contributed by atoms with Crippen molar-refractivity contribution >= 4 is 29.9 Å². The highest BCUT2D eigenvalue weighted by atomic mass is 127. The molecular weight excluding hydrogens is 462 g/mol. The molecule has 2 heterocycles. The summed E-state index contributed by atoms with van der Waals surface area (Å²) in [7, 11) is 1.70. The number of phenolic OH excluding ortho intramolecular Hbond substituents is 1. The van der Waals surface area contributed by atoms with Crippen molar-refractivity contribution in [3.05, 3.63) is 53.7 Å². The Bertz CT molecular complexity index is 733. The number of furan rings is 1. The van der Waals surface area contributed by atoms with Crippen LogP contribution in [0.4, 0.5) is 4.39 Å². The van der Waals surface area contributed by atoms with E-state index in [2.05, 4.69) is 20.5 Å². The quantitative estimate of drug-likeness (QED) is 0.331. The first kappa shape index (κ1) is 21.5. The number of benzene rings is 1. The summed E-state index contributed by atoms with van der Waals surface area (Å²) in [6, 6.07) is 8.39. The third-order valence-electron chi connectivity index (χ3n) is 4.61. The molecule has 1 aromatic carbocycles. The largest absolute Gasteiger partial charge is 0.505 e. The third kappa shape index (κ3) is 5.83. The molecule has 1 atom stereocenters. The van der Waals surface area contributed by atoms with Gasteiger partial charge < -0.3 is 20.2 Å². The minimum atomic E-state index is -0.626. The summed E-state index contributed by atoms with van der Waals surface area (Å²) < 4.78 is 19.1. The number of phenols is 1. The van der Waals surface area contributed by atoms with Gasteiger partial charge in [0.05, 0.1) is 12.3 Å². The Balaban J connectivity index is 0.00000261. The van der Waals surface area contributed by atoms with Crippen molar-refractivity contribution in [2.24, 2.45) is 4.99 Å². The van der Waals surface area contributed by atoms with Crippen LogP contribution in [0.25, 0.3) is 0 Å². The van der Waals surface area contributed by atoms with Crippen LogP contribution in [-0.2, 0) is 6.54 Å². The zero-order chi connectivity index (χ0) is 18.4. The highest BCUT2D eigenvalue weighted by Crippen LogP contribution is 2.24. The molecule has 3 N–H and O–H groups in total. The number of nitrogens with one attached hydrogen (secondary N) is 2. The molecule has 6 nitrogen and oxygen atoms in total. The number of aliphatic imine (C=N–C) groups is 1. The molecule has 1 fully saturated rings. The Hall–Kier alpha value is -1.81. The molecule has 1 aliphatic heterocycles. The van der Waals surface area contributed by atoms with Crippen LogP contribution in [0.5, 0.6) is 5.75 Å². The molecule has 0 amide bonds. The van der Waals surface area contributed by atoms with Gasteiger partial charge in [0.1, 0.15) is 5.76 Å². The van der Waals surface area contributed by atoms with Gasteiger partial charge in [-0.15, -0.1) is 24.0 Å². The number of likely N-dealkylation sites (tertiary alicyclic amines) is 1. The molecule has 148 valence electrons. The van der Waals surface area contributed by atoms with Crippen LogP contribution >= 0.6 is 24.0 Å². The van der Waals surface area contributed by atoms with Gasteiger partial charge in [0.15, 0.2) is 17.5 Å². The Kier molecular flexibility index (Phi) is 8.36. The SMILES string of the molecule is CN=C(NCc1ccc(O)c(F)c1)NCC(c1ccco1)N1CCCC1.I. The van der Waals surface area contributed by atoms with Crippen LogP contribution in [0.1, 0.15) is 30.2 Å². The minimum Gasteiger partial charge on any atom is -0.505 e. The standard InChI is InChI=1S/C19H25FN4O2.HI/c1-21-19(22-12-14-6-7-17(25)15(20)11-14)23-13-16(18-5-4-10-26-18)24-8-2-3-9-24;/h4-7,10-11,16,25H,2-3,8-9,12-13H2,1H3,(H2,21,22,23);1H. The molecule has 0 radical (unpaired) electrons. The second kappa shape index (κ2) is 10.5. The van der Waals surface area contributed by atoms with Crippen molar-refractivity contribution in [2.75, 3.05) is 26.7 Å². The molecule has 0 aliphatic carbocycles. The van der Waals surface area contributed by atoms with Gasteiger partial charge in [-0.1, -0.05) is 6.07 Å². The number of halogens is 2. The van der Waals surface area contributed by atoms with Crippen LogP contribution in [0.3, 0.4) is 0 Å². The van der Waals surface area contributed by atoms with Gasteiger partial charge >= 0.3 is 0 Å². The van der Waals surface area contributed by atoms with Crippen molar-refractivity contribution in [2.45, 2.75) is 25.4 Å². The van der Waals surface area contributed by atoms with Crippen LogP contribution in [-0.4, -0.2) is 42.6 Å². The molecule has 1 unspecified atom stereocenters. The van der Waals surface area contributed by atoms with Gasteiger partial charge in [0.2, 0.25) is 0 Å². The van der Waals surface area contributed by atoms with E-state index in [0.717, 1.165) is 24.4 Å². The Morgan fingerprint density at radius 1 is 1.30 bits per heavy atom. The fraction of sp³-hybridized carbons (Fsp3) is 0.421. The maximum absolute atomic E-state index is 13.4. The highest BCUT2D eigenvalue weighted by Gasteiger charge is 2.25. The lowest BCUT2D eigenvalue weighted by Gasteiger charge is -2.26. The van der Waals surface area contributed by atoms with Gasteiger partial charge in [0, 0.05) is 20.1 Å². The number of hydrogen-bond acceptors (Lipinski definition) is 4. The van der Waals surface area contributed by atoms with Gasteiger partial charge in [-0.3, -0.25) is 9.89 Å². The fourth-order valence-electron chi connectivity index (χ4n) is 3.20. The molecule has 8 heteroatoms. The molecule has 0 bridgehead atoms. The average Bonchev–Trinajstić information content (AvgIpc) is 3.35. The van der Waals surface area contributed by atoms with E-state index in [1.54, 1.807) is 19.4 Å². The van der Waals surface area contributed by atoms with Gasteiger partial charge in [0.25, 0.3) is 0 Å². The zero-order valence-electron chi connectivity index (χ0n) is 15.3. The molecule has 27 heavy (non-hydrogen) atoms. The summed E-state index contributed by atoms with van der Waals surface area (Å²) in [6.45, 7) is 3.20. The normalized spacial score (nSPS) is 16.0. The maximum Gasteiger partial charge on any atom is 0.191 e. The molecule has 1 aromatic heterocycles. The second-order valence-corrected chi connectivity index (χ2v) is 6.37. The minimum absolute atomic E-state index is 0. The first-order valence-corrected chi connectivity index (χ1v) is 8.86. The predicted molar refractivity (Wildman–Crippen MR) is 114 cm³/mol. The van der Waals surface area contributed by atoms with Crippen molar-refractivity contribution in [3.63, 3.8) is 0 Å². The van der Waals surface area contributed by atoms with E-state index in [1.807, 2.05) is 12.1 Å². The van der Waals surface area contributed by atoms with Crippen LogP contribution in [0, 0.1) is 5.82 Å². The number of aromatic hydroxyl groups is 1. The fourth-order valence-corrected chi connectivity index (χ4v) is 3.20. The lowest BCUT2D eigenvalue weighted by molar-refractivity contribution is 0.215. The van der Waals surface area contributed by atoms with Gasteiger partial charge in [-0.25, -0.2) is 4.39 Å². The van der Waals surface area contributed by atoms with Crippen molar-refractivity contribution in [3.8, 4) is 5.75 Å². The van der Waals surface area contributed by atoms with Gasteiger partial charge in [-0.05, 0) is 55.8 Å². The van der Waals surface area contributed by atoms with E-state index in [0.29, 0.717) is 19.0 Å². The van der Waals surface area contributed by atoms with Crippen LogP contribution in [0.15, 0.2) is 46.0 Å². The number of rotatable bonds is 6. The summed E-state index contributed by atoms with van der Waals surface area (Å²) in [5, 5.41) is 15.8. The number of hydrogen-bond donors (Lipinski definition) is 3. The molecule has 1 aliphatic rings. The molecular formula is C19H26FIN4O2. The third-order valence-corrected chi connectivity index (χ3v) is 4.61. The van der Waals surface area contributed by atoms with E-state index in [-0.39, 0.29) is 35.8 Å². The summed E-state index contributed by atoms with van der Waals surface area (Å²) in [5.74, 6) is 0.604. The van der Waals surface area contributed by atoms with E-state index < -0.39 is 5.82 Å².